The minimum absolute atomic E-state index is 0.102. The molecule has 1 unspecified atom stereocenters. The van der Waals surface area contributed by atoms with E-state index in [9.17, 15) is 4.79 Å². The molecule has 1 N–H and O–H groups in total. The number of amides is 2. The first kappa shape index (κ1) is 21.0. The maximum Gasteiger partial charge on any atom is 0.320 e. The number of pyridine rings is 2. The number of piperidine rings is 1. The summed E-state index contributed by atoms with van der Waals surface area (Å²) in [5, 5.41) is 2.20. The summed E-state index contributed by atoms with van der Waals surface area (Å²) in [4.78, 5) is 31.6. The van der Waals surface area contributed by atoms with Gasteiger partial charge >= 0.3 is 6.03 Å². The van der Waals surface area contributed by atoms with Gasteiger partial charge in [-0.25, -0.2) is 9.78 Å². The Kier molecular flexibility index (Phi) is 6.09. The number of urea groups is 1. The minimum Gasteiger partial charge on any atom is -0.382 e. The largest absolute Gasteiger partial charge is 0.382 e. The maximum absolute atomic E-state index is 13.2. The first-order chi connectivity index (χ1) is 15.7. The van der Waals surface area contributed by atoms with Gasteiger partial charge in [-0.15, -0.1) is 0 Å². The first-order valence-electron chi connectivity index (χ1n) is 11.3. The third-order valence-electron chi connectivity index (χ3n) is 6.45. The number of carbonyl (C=O) groups excluding carboxylic acids is 1. The summed E-state index contributed by atoms with van der Waals surface area (Å²) < 4.78 is 10.9. The number of piperazine rings is 1. The average Bonchev–Trinajstić information content (AvgIpc) is 3.33. The zero-order chi connectivity index (χ0) is 21.9. The number of methoxy groups -OCH3 is 1. The van der Waals surface area contributed by atoms with E-state index in [0.717, 1.165) is 60.1 Å². The van der Waals surface area contributed by atoms with Crippen molar-refractivity contribution in [3.8, 4) is 0 Å². The van der Waals surface area contributed by atoms with Crippen molar-refractivity contribution in [3.63, 3.8) is 0 Å². The second-order valence-corrected chi connectivity index (χ2v) is 8.42. The van der Waals surface area contributed by atoms with Crippen molar-refractivity contribution in [1.29, 1.82) is 0 Å². The van der Waals surface area contributed by atoms with Gasteiger partial charge in [0.25, 0.3) is 0 Å². The monoisotopic (exact) mass is 438 g/mol. The molecular formula is C23H30N6O3. The molecule has 0 saturated carbocycles. The van der Waals surface area contributed by atoms with Gasteiger partial charge in [-0.05, 0) is 25.0 Å². The molecule has 5 heterocycles. The molecule has 9 heteroatoms. The number of fused-ring (bicyclic) bond motifs is 3. The Bertz CT molecular complexity index is 1080. The minimum atomic E-state index is 0.102. The van der Waals surface area contributed by atoms with E-state index < -0.39 is 0 Å². The van der Waals surface area contributed by atoms with Crippen LogP contribution in [0.1, 0.15) is 12.8 Å². The fraction of sp³-hybridized carbons (Fsp3) is 0.522. The van der Waals surface area contributed by atoms with Crippen LogP contribution in [-0.2, 0) is 9.47 Å². The van der Waals surface area contributed by atoms with Gasteiger partial charge in [0.2, 0.25) is 0 Å². The van der Waals surface area contributed by atoms with Crippen molar-refractivity contribution in [2.75, 3.05) is 64.5 Å². The number of rotatable bonds is 5. The summed E-state index contributed by atoms with van der Waals surface area (Å²) >= 11 is 0. The van der Waals surface area contributed by atoms with Crippen LogP contribution in [0.25, 0.3) is 21.9 Å². The van der Waals surface area contributed by atoms with Crippen molar-refractivity contribution >= 4 is 33.7 Å². The van der Waals surface area contributed by atoms with Gasteiger partial charge in [0, 0.05) is 75.2 Å². The zero-order valence-electron chi connectivity index (χ0n) is 18.5. The van der Waals surface area contributed by atoms with E-state index in [4.69, 9.17) is 9.47 Å². The number of hydrogen-bond acceptors (Lipinski definition) is 6. The summed E-state index contributed by atoms with van der Waals surface area (Å²) in [6.07, 6.45) is 7.65. The van der Waals surface area contributed by atoms with Crippen LogP contribution in [0.4, 0.5) is 10.5 Å². The predicted molar refractivity (Wildman–Crippen MR) is 123 cm³/mol. The average molecular weight is 439 g/mol. The molecule has 3 aromatic heterocycles. The second-order valence-electron chi connectivity index (χ2n) is 8.42. The highest BCUT2D eigenvalue weighted by Crippen LogP contribution is 2.31. The van der Waals surface area contributed by atoms with Crippen molar-refractivity contribution in [1.82, 2.24) is 24.8 Å². The Morgan fingerprint density at radius 2 is 2.00 bits per heavy atom. The van der Waals surface area contributed by atoms with E-state index in [2.05, 4.69) is 32.0 Å². The summed E-state index contributed by atoms with van der Waals surface area (Å²) in [6.45, 7) is 5.62. The molecule has 0 bridgehead atoms. The van der Waals surface area contributed by atoms with Crippen LogP contribution in [-0.4, -0.2) is 96.5 Å². The van der Waals surface area contributed by atoms with Gasteiger partial charge in [-0.1, -0.05) is 0 Å². The predicted octanol–water partition coefficient (Wildman–Crippen LogP) is 2.48. The number of aromatic amines is 1. The lowest BCUT2D eigenvalue weighted by Crippen LogP contribution is -2.55. The Hall–Kier alpha value is -2.91. The van der Waals surface area contributed by atoms with Crippen LogP contribution in [0.3, 0.4) is 0 Å². The SMILES string of the molecule is COCCOC1CCCN(C(=O)N2CCN(c3ccnc4cnc5[nH]ccc5c34)CC2)C1. The van der Waals surface area contributed by atoms with Crippen molar-refractivity contribution < 1.29 is 14.3 Å². The zero-order valence-corrected chi connectivity index (χ0v) is 18.5. The number of nitrogens with zero attached hydrogens (tertiary/aromatic N) is 5. The molecule has 9 nitrogen and oxygen atoms in total. The molecule has 32 heavy (non-hydrogen) atoms. The van der Waals surface area contributed by atoms with Crippen LogP contribution in [0.2, 0.25) is 0 Å². The van der Waals surface area contributed by atoms with E-state index in [1.165, 1.54) is 0 Å². The number of carbonyl (C=O) groups is 1. The lowest BCUT2D eigenvalue weighted by molar-refractivity contribution is -0.0158. The van der Waals surface area contributed by atoms with E-state index in [1.54, 1.807) is 7.11 Å². The van der Waals surface area contributed by atoms with Gasteiger partial charge in [-0.3, -0.25) is 4.98 Å². The highest BCUT2D eigenvalue weighted by molar-refractivity contribution is 6.10. The molecule has 2 aliphatic heterocycles. The summed E-state index contributed by atoms with van der Waals surface area (Å²) in [5.74, 6) is 0. The summed E-state index contributed by atoms with van der Waals surface area (Å²) in [7, 11) is 1.67. The molecule has 2 saturated heterocycles. The normalized spacial score (nSPS) is 19.8. The van der Waals surface area contributed by atoms with Crippen LogP contribution in [0.15, 0.2) is 30.7 Å². The lowest BCUT2D eigenvalue weighted by atomic mass is 10.1. The van der Waals surface area contributed by atoms with Crippen LogP contribution < -0.4 is 4.90 Å². The number of hydrogen-bond donors (Lipinski definition) is 1. The van der Waals surface area contributed by atoms with Gasteiger partial charge in [0.15, 0.2) is 0 Å². The Morgan fingerprint density at radius 3 is 2.84 bits per heavy atom. The van der Waals surface area contributed by atoms with Gasteiger partial charge in [-0.2, -0.15) is 0 Å². The van der Waals surface area contributed by atoms with Gasteiger partial charge in [0.05, 0.1) is 31.0 Å². The topological polar surface area (TPSA) is 86.8 Å². The van der Waals surface area contributed by atoms with Gasteiger partial charge < -0.3 is 29.2 Å². The molecule has 0 aliphatic carbocycles. The summed E-state index contributed by atoms with van der Waals surface area (Å²) in [6, 6.07) is 4.25. The number of likely N-dealkylation sites (tertiary alicyclic amines) is 1. The number of nitrogens with one attached hydrogen (secondary N) is 1. The summed E-state index contributed by atoms with van der Waals surface area (Å²) in [5.41, 5.74) is 2.91. The Labute approximate surface area is 187 Å². The number of anilines is 1. The van der Waals surface area contributed by atoms with Crippen LogP contribution in [0.5, 0.6) is 0 Å². The molecule has 0 aromatic carbocycles. The van der Waals surface area contributed by atoms with Crippen molar-refractivity contribution in [2.45, 2.75) is 18.9 Å². The highest BCUT2D eigenvalue weighted by Gasteiger charge is 2.30. The molecule has 0 spiro atoms. The maximum atomic E-state index is 13.2. The Morgan fingerprint density at radius 1 is 1.12 bits per heavy atom. The van der Waals surface area contributed by atoms with E-state index >= 15 is 0 Å². The molecular weight excluding hydrogens is 408 g/mol. The molecule has 1 atom stereocenters. The number of ether oxygens (including phenoxy) is 2. The van der Waals surface area contributed by atoms with E-state index in [-0.39, 0.29) is 12.1 Å². The number of aromatic nitrogens is 3. The third kappa shape index (κ3) is 4.10. The molecule has 170 valence electrons. The highest BCUT2D eigenvalue weighted by atomic mass is 16.5. The van der Waals surface area contributed by atoms with Crippen molar-refractivity contribution in [3.05, 3.63) is 30.7 Å². The fourth-order valence-corrected chi connectivity index (χ4v) is 4.78. The van der Waals surface area contributed by atoms with E-state index in [1.807, 2.05) is 28.4 Å². The Balaban J connectivity index is 1.25. The fourth-order valence-electron chi connectivity index (χ4n) is 4.78. The molecule has 5 rings (SSSR count). The van der Waals surface area contributed by atoms with Gasteiger partial charge in [0.1, 0.15) is 5.65 Å². The van der Waals surface area contributed by atoms with E-state index in [0.29, 0.717) is 32.8 Å². The quantitative estimate of drug-likeness (QED) is 0.616. The smallest absolute Gasteiger partial charge is 0.320 e. The first-order valence-corrected chi connectivity index (χ1v) is 11.3. The standard InChI is InChI=1S/C23H30N6O3/c1-31-13-14-32-17-3-2-8-29(16-17)23(30)28-11-9-27(10-12-28)20-5-7-24-19-15-26-22-18(21(19)20)4-6-25-22/h4-7,15,17H,2-3,8-14,16H2,1H3,(H,25,26). The lowest BCUT2D eigenvalue weighted by Gasteiger charge is -2.40. The second kappa shape index (κ2) is 9.30. The number of H-pyrrole nitrogens is 1. The molecule has 0 radical (unpaired) electrons. The molecule has 2 fully saturated rings. The molecule has 2 aliphatic rings. The third-order valence-corrected chi connectivity index (χ3v) is 6.45. The van der Waals surface area contributed by atoms with Crippen molar-refractivity contribution in [2.24, 2.45) is 0 Å². The molecule has 3 aromatic rings. The van der Waals surface area contributed by atoms with Crippen LogP contribution in [0, 0.1) is 0 Å². The van der Waals surface area contributed by atoms with Crippen LogP contribution >= 0.6 is 0 Å². The molecule has 2 amide bonds.